The third-order valence-electron chi connectivity index (χ3n) is 0.484. The van der Waals surface area contributed by atoms with Gasteiger partial charge in [0.25, 0.3) is 11.0 Å². The minimum atomic E-state index is -2.69. The Balaban J connectivity index is -0.000000166. The van der Waals surface area contributed by atoms with E-state index in [2.05, 4.69) is 16.5 Å². The number of thiol groups is 1. The first-order chi connectivity index (χ1) is 7.27. The van der Waals surface area contributed by atoms with Crippen molar-refractivity contribution < 1.29 is 17.4 Å². The Kier molecular flexibility index (Phi) is 20.3. The fraction of sp³-hybridized carbons (Fsp3) is 0.444. The average molecular weight is 252 g/mol. The van der Waals surface area contributed by atoms with Crippen molar-refractivity contribution in [2.24, 2.45) is 5.73 Å². The molecule has 0 unspecified atom stereocenters. The lowest BCUT2D eigenvalue weighted by Gasteiger charge is -1.90. The maximum atomic E-state index is 9.52. The van der Waals surface area contributed by atoms with E-state index in [1.807, 2.05) is 26.0 Å². The molecule has 0 heterocycles. The van der Waals surface area contributed by atoms with Gasteiger partial charge < -0.3 is 14.8 Å². The van der Waals surface area contributed by atoms with Gasteiger partial charge in [-0.3, -0.25) is 4.79 Å². The molecule has 0 atom stereocenters. The second kappa shape index (κ2) is 16.1. The minimum absolute atomic E-state index is 0.481. The molecule has 0 aromatic heterocycles. The van der Waals surface area contributed by atoms with Crippen molar-refractivity contribution in [3.8, 4) is 0 Å². The standard InChI is InChI=1S/C3H5NO.C3H9N.C3H6O3S/c1-2-3(4)5;1-4(2)3;1-2-3-6-7(4)5/h2H,1H2,(H2,4,5);1-3H3;2-3,7H,1H3. The van der Waals surface area contributed by atoms with E-state index < -0.39 is 16.9 Å². The van der Waals surface area contributed by atoms with Crippen molar-refractivity contribution in [3.05, 3.63) is 25.0 Å². The molecule has 0 fully saturated rings. The summed E-state index contributed by atoms with van der Waals surface area (Å²) < 4.78 is 23.0. The molecule has 0 saturated carbocycles. The van der Waals surface area contributed by atoms with Crippen LogP contribution in [0.4, 0.5) is 0 Å². The molecule has 7 heteroatoms. The monoisotopic (exact) mass is 252 g/mol. The van der Waals surface area contributed by atoms with Gasteiger partial charge in [0.2, 0.25) is 5.91 Å². The van der Waals surface area contributed by atoms with Crippen LogP contribution in [0.15, 0.2) is 25.0 Å². The highest BCUT2D eigenvalue weighted by Crippen LogP contribution is 1.72. The molecule has 0 spiro atoms. The molecule has 0 aliphatic carbocycles. The van der Waals surface area contributed by atoms with Gasteiger partial charge >= 0.3 is 0 Å². The van der Waals surface area contributed by atoms with E-state index in [4.69, 9.17) is 0 Å². The van der Waals surface area contributed by atoms with E-state index in [1.165, 1.54) is 6.08 Å². The van der Waals surface area contributed by atoms with Gasteiger partial charge in [0.15, 0.2) is 0 Å². The second-order valence-corrected chi connectivity index (χ2v) is 3.40. The lowest BCUT2D eigenvalue weighted by Crippen LogP contribution is -2.04. The Morgan fingerprint density at radius 2 is 1.69 bits per heavy atom. The molecular formula is C9H20N2O4S. The van der Waals surface area contributed by atoms with Crippen LogP contribution in [0.1, 0.15) is 6.92 Å². The van der Waals surface area contributed by atoms with Gasteiger partial charge in [0, 0.05) is 0 Å². The van der Waals surface area contributed by atoms with Crippen molar-refractivity contribution in [1.82, 2.24) is 4.90 Å². The fourth-order valence-electron chi connectivity index (χ4n) is 0.111. The number of amides is 1. The number of carbonyl (C=O) groups is 1. The Labute approximate surface area is 98.5 Å². The maximum Gasteiger partial charge on any atom is 0.298 e. The van der Waals surface area contributed by atoms with Crippen molar-refractivity contribution in [2.75, 3.05) is 21.1 Å². The molecule has 0 aromatic rings. The van der Waals surface area contributed by atoms with Crippen LogP contribution in [0, 0.1) is 0 Å². The number of nitrogens with two attached hydrogens (primary N) is 1. The van der Waals surface area contributed by atoms with E-state index in [1.54, 1.807) is 6.92 Å². The van der Waals surface area contributed by atoms with Crippen molar-refractivity contribution >= 4 is 16.9 Å². The third kappa shape index (κ3) is 79.3. The molecule has 2 N–H and O–H groups in total. The fourth-order valence-corrected chi connectivity index (χ4v) is 0.332. The first-order valence-corrected chi connectivity index (χ1v) is 5.32. The van der Waals surface area contributed by atoms with E-state index in [-0.39, 0.29) is 0 Å². The van der Waals surface area contributed by atoms with Gasteiger partial charge in [-0.05, 0) is 34.1 Å². The normalized spacial score (nSPS) is 8.88. The summed E-state index contributed by atoms with van der Waals surface area (Å²) in [5.41, 5.74) is 4.53. The summed E-state index contributed by atoms with van der Waals surface area (Å²) in [5, 5.41) is 0. The number of primary amides is 1. The second-order valence-electron chi connectivity index (χ2n) is 2.75. The number of hydrogen-bond acceptors (Lipinski definition) is 5. The highest BCUT2D eigenvalue weighted by atomic mass is 32.2. The molecule has 0 bridgehead atoms. The number of hydrogen-bond donors (Lipinski definition) is 2. The van der Waals surface area contributed by atoms with Crippen LogP contribution in [0.2, 0.25) is 0 Å². The number of allylic oxidation sites excluding steroid dienone is 1. The van der Waals surface area contributed by atoms with E-state index in [0.29, 0.717) is 0 Å². The molecule has 0 radical (unpaired) electrons. The first-order valence-electron chi connectivity index (χ1n) is 4.23. The predicted octanol–water partition coefficient (Wildman–Crippen LogP) is -0.101. The lowest BCUT2D eigenvalue weighted by atomic mass is 10.6. The van der Waals surface area contributed by atoms with E-state index in [9.17, 15) is 13.2 Å². The maximum absolute atomic E-state index is 9.52. The molecule has 16 heavy (non-hydrogen) atoms. The Hall–Kier alpha value is -1.34. The van der Waals surface area contributed by atoms with E-state index >= 15 is 0 Å². The molecule has 6 nitrogen and oxygen atoms in total. The number of carbonyl (C=O) groups excluding carboxylic acids is 1. The SMILES string of the molecule is C=CC(N)=O.CC=CO[SH](=O)=O.CN(C)C. The highest BCUT2D eigenvalue weighted by molar-refractivity contribution is 7.67. The molecule has 0 saturated heterocycles. The van der Waals surface area contributed by atoms with Crippen LogP contribution in [0.5, 0.6) is 0 Å². The summed E-state index contributed by atoms with van der Waals surface area (Å²) in [5.74, 6) is -0.481. The van der Waals surface area contributed by atoms with Crippen LogP contribution in [0.25, 0.3) is 0 Å². The zero-order valence-corrected chi connectivity index (χ0v) is 10.9. The zero-order valence-electron chi connectivity index (χ0n) is 10.0. The summed E-state index contributed by atoms with van der Waals surface area (Å²) in [7, 11) is 3.31. The van der Waals surface area contributed by atoms with Crippen LogP contribution in [0.3, 0.4) is 0 Å². The van der Waals surface area contributed by atoms with Gasteiger partial charge in [0.05, 0.1) is 0 Å². The molecule has 1 amide bonds. The molecule has 96 valence electrons. The van der Waals surface area contributed by atoms with E-state index in [0.717, 1.165) is 12.3 Å². The number of nitrogens with zero attached hydrogens (tertiary/aromatic N) is 1. The van der Waals surface area contributed by atoms with Crippen LogP contribution < -0.4 is 5.73 Å². The smallest absolute Gasteiger partial charge is 0.298 e. The van der Waals surface area contributed by atoms with Crippen LogP contribution in [-0.4, -0.2) is 40.4 Å². The molecule has 0 aliphatic rings. The predicted molar refractivity (Wildman–Crippen MR) is 65.2 cm³/mol. The van der Waals surface area contributed by atoms with Gasteiger partial charge in [-0.15, -0.1) is 0 Å². The average Bonchev–Trinajstić information content (AvgIpc) is 2.14. The largest absolute Gasteiger partial charge is 0.393 e. The number of rotatable bonds is 3. The summed E-state index contributed by atoms with van der Waals surface area (Å²) >= 11 is 0. The van der Waals surface area contributed by atoms with Crippen molar-refractivity contribution in [1.29, 1.82) is 0 Å². The molecule has 0 aliphatic heterocycles. The van der Waals surface area contributed by atoms with Crippen molar-refractivity contribution in [2.45, 2.75) is 6.92 Å². The summed E-state index contributed by atoms with van der Waals surface area (Å²) in [6, 6.07) is 0. The summed E-state index contributed by atoms with van der Waals surface area (Å²) in [6.07, 6.45) is 3.65. The topological polar surface area (TPSA) is 89.7 Å². The van der Waals surface area contributed by atoms with Crippen LogP contribution in [-0.2, 0) is 20.0 Å². The van der Waals surface area contributed by atoms with Gasteiger partial charge in [-0.1, -0.05) is 12.7 Å². The quantitative estimate of drug-likeness (QED) is 0.416. The van der Waals surface area contributed by atoms with Crippen molar-refractivity contribution in [3.63, 3.8) is 0 Å². The van der Waals surface area contributed by atoms with Crippen LogP contribution >= 0.6 is 0 Å². The van der Waals surface area contributed by atoms with Gasteiger partial charge in [0.1, 0.15) is 6.26 Å². The Morgan fingerprint density at radius 3 is 1.75 bits per heavy atom. The van der Waals surface area contributed by atoms with Gasteiger partial charge in [-0.25, -0.2) is 0 Å². The molecule has 0 rings (SSSR count). The zero-order chi connectivity index (χ0) is 13.6. The Morgan fingerprint density at radius 1 is 1.38 bits per heavy atom. The summed E-state index contributed by atoms with van der Waals surface area (Å²) in [4.78, 5) is 11.5. The molecule has 0 aromatic carbocycles. The highest BCUT2D eigenvalue weighted by Gasteiger charge is 1.69. The third-order valence-corrected chi connectivity index (χ3v) is 0.778. The lowest BCUT2D eigenvalue weighted by molar-refractivity contribution is -0.113. The van der Waals surface area contributed by atoms with Gasteiger partial charge in [-0.2, -0.15) is 8.42 Å². The summed E-state index contributed by atoms with van der Waals surface area (Å²) in [6.45, 7) is 4.75. The first kappa shape index (κ1) is 20.1. The minimum Gasteiger partial charge on any atom is -0.393 e. The molecular weight excluding hydrogens is 232 g/mol. The Bertz CT molecular complexity index is 262.